The Hall–Kier alpha value is -0.610. The van der Waals surface area contributed by atoms with Crippen molar-refractivity contribution in [3.8, 4) is 0 Å². The first-order valence-corrected chi connectivity index (χ1v) is 6.99. The van der Waals surface area contributed by atoms with E-state index in [1.165, 1.54) is 0 Å². The van der Waals surface area contributed by atoms with Crippen molar-refractivity contribution in [3.05, 3.63) is 0 Å². The Balaban J connectivity index is 2.19. The van der Waals surface area contributed by atoms with Gasteiger partial charge in [-0.05, 0) is 46.6 Å². The third kappa shape index (κ3) is 5.36. The summed E-state index contributed by atoms with van der Waals surface area (Å²) < 4.78 is 5.61. The average molecular weight is 257 g/mol. The van der Waals surface area contributed by atoms with Crippen LogP contribution in [0.3, 0.4) is 0 Å². The number of hydrogen-bond donors (Lipinski definition) is 1. The summed E-state index contributed by atoms with van der Waals surface area (Å²) in [6.07, 6.45) is 4.23. The zero-order chi connectivity index (χ0) is 13.6. The molecule has 18 heavy (non-hydrogen) atoms. The summed E-state index contributed by atoms with van der Waals surface area (Å²) in [5.41, 5.74) is -0.588. The molecule has 0 aromatic heterocycles. The van der Waals surface area contributed by atoms with Crippen molar-refractivity contribution in [1.29, 1.82) is 0 Å². The van der Waals surface area contributed by atoms with Gasteiger partial charge >= 0.3 is 5.97 Å². The second-order valence-electron chi connectivity index (χ2n) is 5.98. The highest BCUT2D eigenvalue weighted by Crippen LogP contribution is 2.23. The van der Waals surface area contributed by atoms with Crippen molar-refractivity contribution >= 4 is 5.97 Å². The fraction of sp³-hybridized carbons (Fsp3) is 0.929. The van der Waals surface area contributed by atoms with Gasteiger partial charge < -0.3 is 14.7 Å². The van der Waals surface area contributed by atoms with Crippen LogP contribution in [-0.4, -0.2) is 48.3 Å². The number of nitrogens with zero attached hydrogens (tertiary/aromatic N) is 1. The van der Waals surface area contributed by atoms with E-state index in [1.807, 2.05) is 0 Å². The molecule has 1 N–H and O–H groups in total. The normalized spacial score (nSPS) is 22.7. The molecule has 0 radical (unpaired) electrons. The molecule has 0 bridgehead atoms. The van der Waals surface area contributed by atoms with E-state index in [4.69, 9.17) is 9.84 Å². The molecule has 1 unspecified atom stereocenters. The Morgan fingerprint density at radius 2 is 2.17 bits per heavy atom. The van der Waals surface area contributed by atoms with Crippen LogP contribution >= 0.6 is 0 Å². The zero-order valence-electron chi connectivity index (χ0n) is 11.9. The van der Waals surface area contributed by atoms with Crippen molar-refractivity contribution in [2.45, 2.75) is 52.6 Å². The van der Waals surface area contributed by atoms with Gasteiger partial charge in [0.05, 0.1) is 11.5 Å². The number of carbonyl (C=O) groups is 1. The van der Waals surface area contributed by atoms with E-state index >= 15 is 0 Å². The van der Waals surface area contributed by atoms with E-state index in [0.29, 0.717) is 6.10 Å². The standard InChI is InChI=1S/C14H27NO3/c1-12-11-15(9-6-10-18-12)8-5-4-7-14(2,3)13(16)17/h12H,4-11H2,1-3H3,(H,16,17). The fourth-order valence-corrected chi connectivity index (χ4v) is 2.29. The van der Waals surface area contributed by atoms with Crippen molar-refractivity contribution < 1.29 is 14.6 Å². The van der Waals surface area contributed by atoms with Gasteiger partial charge in [-0.2, -0.15) is 0 Å². The molecule has 1 fully saturated rings. The predicted octanol–water partition coefficient (Wildman–Crippen LogP) is 2.38. The molecule has 0 amide bonds. The molecule has 4 nitrogen and oxygen atoms in total. The highest BCUT2D eigenvalue weighted by Gasteiger charge is 2.26. The molecular formula is C14H27NO3. The fourth-order valence-electron chi connectivity index (χ4n) is 2.29. The van der Waals surface area contributed by atoms with Crippen molar-refractivity contribution in [1.82, 2.24) is 4.90 Å². The number of hydrogen-bond acceptors (Lipinski definition) is 3. The Bertz CT molecular complexity index is 266. The second kappa shape index (κ2) is 7.10. The van der Waals surface area contributed by atoms with Crippen LogP contribution in [0.1, 0.15) is 46.5 Å². The van der Waals surface area contributed by atoms with Gasteiger partial charge in [0.25, 0.3) is 0 Å². The largest absolute Gasteiger partial charge is 0.481 e. The van der Waals surface area contributed by atoms with E-state index in [1.54, 1.807) is 13.8 Å². The summed E-state index contributed by atoms with van der Waals surface area (Å²) in [5.74, 6) is -0.695. The monoisotopic (exact) mass is 257 g/mol. The molecular weight excluding hydrogens is 230 g/mol. The van der Waals surface area contributed by atoms with Crippen LogP contribution in [0.25, 0.3) is 0 Å². The molecule has 1 saturated heterocycles. The van der Waals surface area contributed by atoms with Crippen LogP contribution in [0.2, 0.25) is 0 Å². The average Bonchev–Trinajstić information content (AvgIpc) is 2.49. The van der Waals surface area contributed by atoms with Crippen molar-refractivity contribution in [2.75, 3.05) is 26.2 Å². The number of aliphatic carboxylic acids is 1. The van der Waals surface area contributed by atoms with Gasteiger partial charge in [-0.15, -0.1) is 0 Å². The minimum Gasteiger partial charge on any atom is -0.481 e. The van der Waals surface area contributed by atoms with E-state index in [2.05, 4.69) is 11.8 Å². The number of rotatable bonds is 6. The number of carboxylic acids is 1. The lowest BCUT2D eigenvalue weighted by atomic mass is 9.87. The Morgan fingerprint density at radius 3 is 2.83 bits per heavy atom. The Morgan fingerprint density at radius 1 is 1.44 bits per heavy atom. The second-order valence-corrected chi connectivity index (χ2v) is 5.98. The number of ether oxygens (including phenoxy) is 1. The SMILES string of the molecule is CC1CN(CCCCC(C)(C)C(=O)O)CCCO1. The molecule has 4 heteroatoms. The van der Waals surface area contributed by atoms with E-state index in [9.17, 15) is 4.79 Å². The van der Waals surface area contributed by atoms with Crippen LogP contribution in [0, 0.1) is 5.41 Å². The molecule has 1 atom stereocenters. The summed E-state index contributed by atoms with van der Waals surface area (Å²) in [5, 5.41) is 9.03. The van der Waals surface area contributed by atoms with Crippen LogP contribution in [-0.2, 0) is 9.53 Å². The zero-order valence-corrected chi connectivity index (χ0v) is 11.9. The van der Waals surface area contributed by atoms with Crippen LogP contribution in [0.5, 0.6) is 0 Å². The summed E-state index contributed by atoms with van der Waals surface area (Å²) in [6.45, 7) is 9.75. The third-order valence-electron chi connectivity index (χ3n) is 3.64. The quantitative estimate of drug-likeness (QED) is 0.742. The van der Waals surface area contributed by atoms with Crippen LogP contribution < -0.4 is 0 Å². The molecule has 0 spiro atoms. The topological polar surface area (TPSA) is 49.8 Å². The number of carboxylic acid groups (broad SMARTS) is 1. The first-order chi connectivity index (χ1) is 8.42. The molecule has 1 aliphatic rings. The minimum atomic E-state index is -0.695. The summed E-state index contributed by atoms with van der Waals surface area (Å²) >= 11 is 0. The Kier molecular flexibility index (Phi) is 6.09. The maximum Gasteiger partial charge on any atom is 0.309 e. The third-order valence-corrected chi connectivity index (χ3v) is 3.64. The molecule has 0 saturated carbocycles. The molecule has 0 aromatic carbocycles. The first kappa shape index (κ1) is 15.4. The van der Waals surface area contributed by atoms with Gasteiger partial charge in [0.2, 0.25) is 0 Å². The molecule has 1 rings (SSSR count). The maximum atomic E-state index is 11.0. The first-order valence-electron chi connectivity index (χ1n) is 6.99. The van der Waals surface area contributed by atoms with Gasteiger partial charge in [0.1, 0.15) is 0 Å². The van der Waals surface area contributed by atoms with Gasteiger partial charge in [-0.1, -0.05) is 6.42 Å². The highest BCUT2D eigenvalue weighted by molar-refractivity contribution is 5.73. The van der Waals surface area contributed by atoms with Crippen LogP contribution in [0.4, 0.5) is 0 Å². The molecule has 106 valence electrons. The summed E-state index contributed by atoms with van der Waals surface area (Å²) in [6, 6.07) is 0. The van der Waals surface area contributed by atoms with Gasteiger partial charge in [-0.3, -0.25) is 4.79 Å². The lowest BCUT2D eigenvalue weighted by molar-refractivity contribution is -0.147. The molecule has 1 aliphatic heterocycles. The summed E-state index contributed by atoms with van der Waals surface area (Å²) in [4.78, 5) is 13.4. The highest BCUT2D eigenvalue weighted by atomic mass is 16.5. The lowest BCUT2D eigenvalue weighted by Gasteiger charge is -2.23. The minimum absolute atomic E-state index is 0.322. The van der Waals surface area contributed by atoms with E-state index in [-0.39, 0.29) is 0 Å². The van der Waals surface area contributed by atoms with Gasteiger partial charge in [-0.25, -0.2) is 0 Å². The van der Waals surface area contributed by atoms with E-state index in [0.717, 1.165) is 51.9 Å². The summed E-state index contributed by atoms with van der Waals surface area (Å²) in [7, 11) is 0. The molecule has 0 aliphatic carbocycles. The maximum absolute atomic E-state index is 11.0. The van der Waals surface area contributed by atoms with E-state index < -0.39 is 11.4 Å². The number of unbranched alkanes of at least 4 members (excludes halogenated alkanes) is 1. The molecule has 1 heterocycles. The Labute approximate surface area is 110 Å². The molecule has 0 aromatic rings. The predicted molar refractivity (Wildman–Crippen MR) is 71.7 cm³/mol. The van der Waals surface area contributed by atoms with Crippen molar-refractivity contribution in [3.63, 3.8) is 0 Å². The van der Waals surface area contributed by atoms with Crippen LogP contribution in [0.15, 0.2) is 0 Å². The van der Waals surface area contributed by atoms with Gasteiger partial charge in [0.15, 0.2) is 0 Å². The van der Waals surface area contributed by atoms with Gasteiger partial charge in [0, 0.05) is 19.7 Å². The smallest absolute Gasteiger partial charge is 0.309 e. The van der Waals surface area contributed by atoms with Crippen molar-refractivity contribution in [2.24, 2.45) is 5.41 Å². The lowest BCUT2D eigenvalue weighted by Crippen LogP contribution is -2.31.